The normalized spacial score (nSPS) is 11.6. The number of nitrogens with zero attached hydrogens (tertiary/aromatic N) is 7. The molecule has 4 aromatic heterocycles. The van der Waals surface area contributed by atoms with Crippen LogP contribution in [0.15, 0.2) is 72.2 Å². The topological polar surface area (TPSA) is 138 Å². The van der Waals surface area contributed by atoms with Crippen LogP contribution in [0.25, 0.3) is 11.3 Å². The summed E-state index contributed by atoms with van der Waals surface area (Å²) in [7, 11) is 1.80. The third-order valence-corrected chi connectivity index (χ3v) is 5.49. The van der Waals surface area contributed by atoms with Gasteiger partial charge in [-0.3, -0.25) is 14.0 Å². The number of carbonyl (C=O) groups is 1. The molecule has 0 radical (unpaired) electrons. The Morgan fingerprint density at radius 2 is 1.86 bits per heavy atom. The van der Waals surface area contributed by atoms with E-state index in [9.17, 15) is 9.59 Å². The van der Waals surface area contributed by atoms with Gasteiger partial charge < -0.3 is 11.1 Å². The monoisotopic (exact) mass is 479 g/mol. The molecule has 36 heavy (non-hydrogen) atoms. The Morgan fingerprint density at radius 1 is 1.08 bits per heavy atom. The van der Waals surface area contributed by atoms with E-state index >= 15 is 0 Å². The number of aryl methyl sites for hydroxylation is 1. The summed E-state index contributed by atoms with van der Waals surface area (Å²) in [6.07, 6.45) is 7.77. The Kier molecular flexibility index (Phi) is 5.75. The van der Waals surface area contributed by atoms with Gasteiger partial charge in [-0.05, 0) is 25.0 Å². The number of nitrogen functional groups attached to an aromatic ring is 1. The molecular formula is C25H21N9O2. The lowest BCUT2D eigenvalue weighted by molar-refractivity contribution is 0.0934. The molecule has 5 aromatic rings. The number of anilines is 1. The summed E-state index contributed by atoms with van der Waals surface area (Å²) in [4.78, 5) is 39.0. The van der Waals surface area contributed by atoms with E-state index in [1.807, 2.05) is 30.3 Å². The van der Waals surface area contributed by atoms with Crippen molar-refractivity contribution >= 4 is 17.4 Å². The first-order valence-corrected chi connectivity index (χ1v) is 11.0. The first-order valence-electron chi connectivity index (χ1n) is 11.0. The molecule has 0 spiro atoms. The fraction of sp³-hybridized carbons (Fsp3) is 0.120. The Balaban J connectivity index is 1.62. The number of hydrogen-bond acceptors (Lipinski definition) is 7. The third kappa shape index (κ3) is 4.19. The van der Waals surface area contributed by atoms with Crippen LogP contribution in [0.3, 0.4) is 0 Å². The quantitative estimate of drug-likeness (QED) is 0.372. The van der Waals surface area contributed by atoms with Gasteiger partial charge >= 0.3 is 5.69 Å². The molecule has 0 saturated carbocycles. The van der Waals surface area contributed by atoms with Crippen molar-refractivity contribution in [3.05, 3.63) is 101 Å². The molecule has 11 heteroatoms. The molecule has 0 aliphatic carbocycles. The van der Waals surface area contributed by atoms with Crippen LogP contribution in [0, 0.1) is 11.8 Å². The number of carbonyl (C=O) groups excluding carboxylic acids is 1. The zero-order valence-electron chi connectivity index (χ0n) is 19.5. The van der Waals surface area contributed by atoms with Crippen molar-refractivity contribution in [3.8, 4) is 17.5 Å². The standard InChI is InChI=1S/C25H21N9O2/c1-16(31-24(35)22-23(26)28-11-10-27-22)20-12-21-29-14-19(9-8-17-13-30-32(2)15-17)34(21)25(36)33(20)18-6-4-3-5-7-18/h3-7,10-16H,1-2H3,(H2,26,28)(H,31,35)/t16-/m1/s1. The number of para-hydroxylation sites is 1. The Labute approximate surface area is 205 Å². The van der Waals surface area contributed by atoms with Crippen molar-refractivity contribution < 1.29 is 4.79 Å². The lowest BCUT2D eigenvalue weighted by Gasteiger charge is -2.20. The highest BCUT2D eigenvalue weighted by Gasteiger charge is 2.21. The van der Waals surface area contributed by atoms with E-state index in [0.717, 1.165) is 0 Å². The lowest BCUT2D eigenvalue weighted by atomic mass is 10.2. The Hall–Kier alpha value is -5.24. The summed E-state index contributed by atoms with van der Waals surface area (Å²) in [6.45, 7) is 1.77. The molecule has 1 atom stereocenters. The summed E-state index contributed by atoms with van der Waals surface area (Å²) in [5, 5.41) is 6.96. The highest BCUT2D eigenvalue weighted by molar-refractivity contribution is 5.96. The van der Waals surface area contributed by atoms with Crippen molar-refractivity contribution in [1.82, 2.24) is 39.0 Å². The number of hydrogen-bond donors (Lipinski definition) is 2. The van der Waals surface area contributed by atoms with E-state index in [-0.39, 0.29) is 17.2 Å². The molecule has 4 heterocycles. The van der Waals surface area contributed by atoms with Gasteiger partial charge in [0.15, 0.2) is 11.5 Å². The lowest BCUT2D eigenvalue weighted by Crippen LogP contribution is -2.35. The third-order valence-electron chi connectivity index (χ3n) is 5.49. The van der Waals surface area contributed by atoms with Crippen LogP contribution in [0.4, 0.5) is 5.82 Å². The SMILES string of the molecule is C[C@@H](NC(=O)c1nccnc1N)c1cc2ncc(C#Cc3cnn(C)c3)n2c(=O)n1-c1ccccc1. The second-order valence-electron chi connectivity index (χ2n) is 8.00. The van der Waals surface area contributed by atoms with Crippen molar-refractivity contribution in [1.29, 1.82) is 0 Å². The van der Waals surface area contributed by atoms with Gasteiger partial charge in [-0.25, -0.2) is 24.1 Å². The summed E-state index contributed by atoms with van der Waals surface area (Å²) in [5.74, 6) is 5.53. The maximum absolute atomic E-state index is 13.8. The molecule has 0 unspecified atom stereocenters. The highest BCUT2D eigenvalue weighted by Crippen LogP contribution is 2.19. The van der Waals surface area contributed by atoms with Gasteiger partial charge in [0.1, 0.15) is 11.3 Å². The molecule has 1 aromatic carbocycles. The average Bonchev–Trinajstić information content (AvgIpc) is 3.49. The summed E-state index contributed by atoms with van der Waals surface area (Å²) >= 11 is 0. The number of nitrogens with two attached hydrogens (primary N) is 1. The van der Waals surface area contributed by atoms with Crippen molar-refractivity contribution in [2.24, 2.45) is 7.05 Å². The molecule has 0 saturated heterocycles. The van der Waals surface area contributed by atoms with E-state index < -0.39 is 11.9 Å². The number of benzene rings is 1. The van der Waals surface area contributed by atoms with Crippen LogP contribution in [-0.4, -0.2) is 39.6 Å². The zero-order valence-corrected chi connectivity index (χ0v) is 19.5. The number of fused-ring (bicyclic) bond motifs is 1. The number of amides is 1. The van der Waals surface area contributed by atoms with Gasteiger partial charge in [0, 0.05) is 31.7 Å². The second kappa shape index (κ2) is 9.19. The van der Waals surface area contributed by atoms with E-state index in [2.05, 4.69) is 37.2 Å². The predicted octanol–water partition coefficient (Wildman–Crippen LogP) is 1.48. The van der Waals surface area contributed by atoms with Gasteiger partial charge in [0.2, 0.25) is 0 Å². The first kappa shape index (κ1) is 22.5. The zero-order chi connectivity index (χ0) is 25.2. The van der Waals surface area contributed by atoms with Gasteiger partial charge in [0.25, 0.3) is 5.91 Å². The van der Waals surface area contributed by atoms with Crippen molar-refractivity contribution in [3.63, 3.8) is 0 Å². The average molecular weight is 480 g/mol. The largest absolute Gasteiger partial charge is 0.382 e. The fourth-order valence-corrected chi connectivity index (χ4v) is 3.80. The number of aromatic nitrogens is 7. The van der Waals surface area contributed by atoms with Gasteiger partial charge in [0.05, 0.1) is 35.4 Å². The molecule has 0 fully saturated rings. The molecule has 11 nitrogen and oxygen atoms in total. The fourth-order valence-electron chi connectivity index (χ4n) is 3.80. The van der Waals surface area contributed by atoms with E-state index in [1.165, 1.54) is 21.4 Å². The molecule has 5 rings (SSSR count). The number of nitrogens with one attached hydrogen (secondary N) is 1. The van der Waals surface area contributed by atoms with Crippen LogP contribution < -0.4 is 16.7 Å². The number of rotatable bonds is 4. The summed E-state index contributed by atoms with van der Waals surface area (Å²) < 4.78 is 4.61. The van der Waals surface area contributed by atoms with Crippen LogP contribution in [0.5, 0.6) is 0 Å². The van der Waals surface area contributed by atoms with Crippen LogP contribution >= 0.6 is 0 Å². The minimum absolute atomic E-state index is 0.00723. The molecule has 1 amide bonds. The Morgan fingerprint density at radius 3 is 2.58 bits per heavy atom. The predicted molar refractivity (Wildman–Crippen MR) is 132 cm³/mol. The van der Waals surface area contributed by atoms with Crippen molar-refractivity contribution in [2.75, 3.05) is 5.73 Å². The molecular weight excluding hydrogens is 458 g/mol. The Bertz CT molecular complexity index is 1700. The maximum Gasteiger partial charge on any atom is 0.339 e. The summed E-state index contributed by atoms with van der Waals surface area (Å²) in [5.41, 5.74) is 8.13. The number of imidazole rings is 1. The minimum atomic E-state index is -0.599. The molecule has 0 aliphatic heterocycles. The van der Waals surface area contributed by atoms with E-state index in [0.29, 0.717) is 28.3 Å². The summed E-state index contributed by atoms with van der Waals surface area (Å²) in [6, 6.07) is 10.3. The minimum Gasteiger partial charge on any atom is -0.382 e. The maximum atomic E-state index is 13.8. The van der Waals surface area contributed by atoms with Gasteiger partial charge in [-0.1, -0.05) is 24.1 Å². The van der Waals surface area contributed by atoms with E-state index in [1.54, 1.807) is 43.3 Å². The molecule has 178 valence electrons. The molecule has 0 aliphatic rings. The molecule has 3 N–H and O–H groups in total. The van der Waals surface area contributed by atoms with Crippen LogP contribution in [-0.2, 0) is 7.05 Å². The van der Waals surface area contributed by atoms with Crippen LogP contribution in [0.1, 0.15) is 40.4 Å². The van der Waals surface area contributed by atoms with Gasteiger partial charge in [-0.15, -0.1) is 0 Å². The van der Waals surface area contributed by atoms with Crippen LogP contribution in [0.2, 0.25) is 0 Å². The van der Waals surface area contributed by atoms with Gasteiger partial charge in [-0.2, -0.15) is 5.10 Å². The highest BCUT2D eigenvalue weighted by atomic mass is 16.2. The smallest absolute Gasteiger partial charge is 0.339 e. The van der Waals surface area contributed by atoms with Crippen molar-refractivity contribution in [2.45, 2.75) is 13.0 Å². The molecule has 0 bridgehead atoms. The second-order valence-corrected chi connectivity index (χ2v) is 8.00. The van der Waals surface area contributed by atoms with E-state index in [4.69, 9.17) is 5.73 Å². The first-order chi connectivity index (χ1) is 17.4.